The molecule has 3 aromatic rings. The summed E-state index contributed by atoms with van der Waals surface area (Å²) in [5.41, 5.74) is 3.87. The molecule has 0 aliphatic heterocycles. The van der Waals surface area contributed by atoms with Crippen LogP contribution in [0.1, 0.15) is 52.0 Å². The Morgan fingerprint density at radius 1 is 1.41 bits per heavy atom. The number of nitrogens with zero attached hydrogens (tertiary/aromatic N) is 4. The van der Waals surface area contributed by atoms with E-state index in [2.05, 4.69) is 25.1 Å². The number of hydrogen-bond acceptors (Lipinski definition) is 5. The van der Waals surface area contributed by atoms with Gasteiger partial charge in [0.25, 0.3) is 11.8 Å². The number of aromatic nitrogens is 4. The highest BCUT2D eigenvalue weighted by atomic mass is 19.3. The second kappa shape index (κ2) is 6.57. The van der Waals surface area contributed by atoms with Crippen LogP contribution in [0.15, 0.2) is 28.9 Å². The van der Waals surface area contributed by atoms with Crippen molar-refractivity contribution < 1.29 is 18.1 Å². The highest BCUT2D eigenvalue weighted by molar-refractivity contribution is 5.95. The third kappa shape index (κ3) is 3.20. The summed E-state index contributed by atoms with van der Waals surface area (Å²) in [5.74, 6) is -0.726. The van der Waals surface area contributed by atoms with E-state index < -0.39 is 12.3 Å². The maximum atomic E-state index is 12.6. The van der Waals surface area contributed by atoms with Crippen molar-refractivity contribution in [1.82, 2.24) is 25.2 Å². The number of carbonyl (C=O) groups is 1. The van der Waals surface area contributed by atoms with Crippen molar-refractivity contribution in [3.8, 4) is 11.4 Å². The van der Waals surface area contributed by atoms with Gasteiger partial charge in [0.2, 0.25) is 5.82 Å². The lowest BCUT2D eigenvalue weighted by atomic mass is 10.0. The zero-order chi connectivity index (χ0) is 19.1. The van der Waals surface area contributed by atoms with Crippen LogP contribution < -0.4 is 5.32 Å². The predicted octanol–water partition coefficient (Wildman–Crippen LogP) is 3.13. The molecule has 2 aromatic heterocycles. The van der Waals surface area contributed by atoms with E-state index in [1.807, 2.05) is 12.1 Å². The molecule has 7 nitrogen and oxygen atoms in total. The largest absolute Gasteiger partial charge is 0.345 e. The first-order chi connectivity index (χ1) is 12.9. The molecule has 9 heteroatoms. The number of rotatable bonds is 4. The fraction of sp³-hybridized carbons (Fsp3) is 0.333. The van der Waals surface area contributed by atoms with Gasteiger partial charge in [0.1, 0.15) is 0 Å². The highest BCUT2D eigenvalue weighted by Gasteiger charge is 2.26. The Labute approximate surface area is 153 Å². The van der Waals surface area contributed by atoms with E-state index in [0.29, 0.717) is 16.8 Å². The number of alkyl halides is 2. The first-order valence-electron chi connectivity index (χ1n) is 8.48. The third-order valence-electron chi connectivity index (χ3n) is 4.67. The monoisotopic (exact) mass is 373 g/mol. The van der Waals surface area contributed by atoms with Gasteiger partial charge >= 0.3 is 6.43 Å². The summed E-state index contributed by atoms with van der Waals surface area (Å²) in [6, 6.07) is 5.37. The van der Waals surface area contributed by atoms with Crippen LogP contribution in [-0.2, 0) is 13.5 Å². The van der Waals surface area contributed by atoms with Gasteiger partial charge in [-0.2, -0.15) is 18.9 Å². The lowest BCUT2D eigenvalue weighted by Crippen LogP contribution is -2.27. The van der Waals surface area contributed by atoms with Crippen molar-refractivity contribution in [2.75, 3.05) is 0 Å². The van der Waals surface area contributed by atoms with Crippen LogP contribution >= 0.6 is 0 Å². The van der Waals surface area contributed by atoms with Crippen molar-refractivity contribution in [1.29, 1.82) is 0 Å². The zero-order valence-electron chi connectivity index (χ0n) is 14.7. The molecule has 0 saturated heterocycles. The van der Waals surface area contributed by atoms with Crippen molar-refractivity contribution in [3.05, 3.63) is 52.7 Å². The van der Waals surface area contributed by atoms with Gasteiger partial charge in [0.05, 0.1) is 17.3 Å². The minimum absolute atomic E-state index is 0.108. The van der Waals surface area contributed by atoms with Crippen molar-refractivity contribution in [2.24, 2.45) is 7.05 Å². The summed E-state index contributed by atoms with van der Waals surface area (Å²) in [6.07, 6.45) is 0.426. The molecule has 0 fully saturated rings. The minimum Gasteiger partial charge on any atom is -0.345 e. The number of halogens is 2. The number of carbonyl (C=O) groups excluding carboxylic acids is 1. The molecule has 1 aromatic carbocycles. The Bertz CT molecular complexity index is 1010. The quantitative estimate of drug-likeness (QED) is 0.759. The van der Waals surface area contributed by atoms with E-state index in [9.17, 15) is 13.6 Å². The fourth-order valence-electron chi connectivity index (χ4n) is 3.41. The average molecular weight is 373 g/mol. The summed E-state index contributed by atoms with van der Waals surface area (Å²) in [4.78, 5) is 16.2. The van der Waals surface area contributed by atoms with Gasteiger partial charge in [-0.25, -0.2) is 0 Å². The maximum absolute atomic E-state index is 12.6. The van der Waals surface area contributed by atoms with Gasteiger partial charge < -0.3 is 9.84 Å². The number of nitrogens with one attached hydrogen (secondary N) is 1. The fourth-order valence-corrected chi connectivity index (χ4v) is 3.41. The molecular formula is C18H17F2N5O2. The van der Waals surface area contributed by atoms with E-state index in [0.717, 1.165) is 24.0 Å². The molecular weight excluding hydrogens is 356 g/mol. The van der Waals surface area contributed by atoms with E-state index >= 15 is 0 Å². The molecule has 1 aliphatic carbocycles. The number of fused-ring (bicyclic) bond motifs is 1. The second-order valence-electron chi connectivity index (χ2n) is 6.54. The predicted molar refractivity (Wildman–Crippen MR) is 91.2 cm³/mol. The molecule has 0 radical (unpaired) electrons. The highest BCUT2D eigenvalue weighted by Crippen LogP contribution is 2.34. The Hall–Kier alpha value is -3.10. The van der Waals surface area contributed by atoms with Crippen LogP contribution in [0.3, 0.4) is 0 Å². The Balaban J connectivity index is 1.54. The van der Waals surface area contributed by atoms with Crippen LogP contribution in [-0.4, -0.2) is 25.8 Å². The molecule has 27 heavy (non-hydrogen) atoms. The molecule has 4 rings (SSSR count). The maximum Gasteiger partial charge on any atom is 0.315 e. The van der Waals surface area contributed by atoms with Gasteiger partial charge in [-0.15, -0.1) is 0 Å². The summed E-state index contributed by atoms with van der Waals surface area (Å²) >= 11 is 0. The Morgan fingerprint density at radius 3 is 2.89 bits per heavy atom. The topological polar surface area (TPSA) is 85.8 Å². The normalized spacial score (nSPS) is 16.0. The van der Waals surface area contributed by atoms with Gasteiger partial charge in [0, 0.05) is 18.8 Å². The Morgan fingerprint density at radius 2 is 2.22 bits per heavy atom. The van der Waals surface area contributed by atoms with Gasteiger partial charge in [-0.05, 0) is 37.0 Å². The third-order valence-corrected chi connectivity index (χ3v) is 4.67. The summed E-state index contributed by atoms with van der Waals surface area (Å²) in [5, 5.41) is 10.8. The number of aryl methyl sites for hydroxylation is 3. The Kier molecular flexibility index (Phi) is 4.21. The zero-order valence-corrected chi connectivity index (χ0v) is 14.7. The number of amides is 1. The number of hydrogen-bond donors (Lipinski definition) is 1. The van der Waals surface area contributed by atoms with Crippen LogP contribution in [0.25, 0.3) is 11.4 Å². The molecule has 2 heterocycles. The molecule has 1 N–H and O–H groups in total. The summed E-state index contributed by atoms with van der Waals surface area (Å²) in [6.45, 7) is 1.79. The molecule has 0 saturated carbocycles. The van der Waals surface area contributed by atoms with Crippen molar-refractivity contribution in [3.63, 3.8) is 0 Å². The van der Waals surface area contributed by atoms with Crippen molar-refractivity contribution >= 4 is 5.91 Å². The van der Waals surface area contributed by atoms with Gasteiger partial charge in [-0.3, -0.25) is 9.48 Å². The van der Waals surface area contributed by atoms with Crippen LogP contribution in [0.4, 0.5) is 8.78 Å². The van der Waals surface area contributed by atoms with Crippen molar-refractivity contribution in [2.45, 2.75) is 32.2 Å². The van der Waals surface area contributed by atoms with E-state index in [4.69, 9.17) is 0 Å². The van der Waals surface area contributed by atoms with Gasteiger partial charge in [-0.1, -0.05) is 17.3 Å². The van der Waals surface area contributed by atoms with E-state index in [1.165, 1.54) is 0 Å². The second-order valence-corrected chi connectivity index (χ2v) is 6.54. The van der Waals surface area contributed by atoms with E-state index in [-0.39, 0.29) is 17.8 Å². The smallest absolute Gasteiger partial charge is 0.315 e. The molecule has 1 unspecified atom stereocenters. The van der Waals surface area contributed by atoms with Crippen LogP contribution in [0, 0.1) is 6.92 Å². The molecule has 140 valence electrons. The number of benzene rings is 1. The first kappa shape index (κ1) is 17.3. The molecule has 1 aliphatic rings. The summed E-state index contributed by atoms with van der Waals surface area (Å²) in [7, 11) is 1.77. The molecule has 0 spiro atoms. The lowest BCUT2D eigenvalue weighted by Gasteiger charge is -2.14. The average Bonchev–Trinajstić information content (AvgIpc) is 3.33. The summed E-state index contributed by atoms with van der Waals surface area (Å²) < 4.78 is 31.4. The van der Waals surface area contributed by atoms with Crippen LogP contribution in [0.5, 0.6) is 0 Å². The first-order valence-corrected chi connectivity index (χ1v) is 8.48. The van der Waals surface area contributed by atoms with Gasteiger partial charge in [0.15, 0.2) is 0 Å². The van der Waals surface area contributed by atoms with Crippen LogP contribution in [0.2, 0.25) is 0 Å². The minimum atomic E-state index is -2.80. The standard InChI is InChI=1S/C18H17F2N5O2/c1-9-13(8-25(2)23-9)17(26)21-14-6-4-10-7-11(3-5-12(10)14)16-22-18(15(19)20)27-24-16/h3,5,7-8,14-15H,4,6H2,1-2H3,(H,21,26). The lowest BCUT2D eigenvalue weighted by molar-refractivity contribution is 0.0936. The molecule has 1 amide bonds. The SMILES string of the molecule is Cc1nn(C)cc1C(=O)NC1CCc2cc(-c3noc(C(F)F)n3)ccc21. The van der Waals surface area contributed by atoms with E-state index in [1.54, 1.807) is 30.9 Å². The molecule has 1 atom stereocenters. The molecule has 0 bridgehead atoms.